The van der Waals surface area contributed by atoms with Crippen molar-refractivity contribution in [2.75, 3.05) is 42.6 Å². The average Bonchev–Trinajstić information content (AvgIpc) is 3.26. The Balaban J connectivity index is 1.57. The van der Waals surface area contributed by atoms with E-state index in [0.717, 1.165) is 71.8 Å². The summed E-state index contributed by atoms with van der Waals surface area (Å²) in [6.45, 7) is 3.90. The largest absolute Gasteiger partial charge is 0.378 e. The molecular weight excluding hydrogens is 341 g/mol. The number of ether oxygens (including phenoxy) is 1. The van der Waals surface area contributed by atoms with Gasteiger partial charge in [-0.05, 0) is 30.2 Å². The summed E-state index contributed by atoms with van der Waals surface area (Å²) in [6.07, 6.45) is 2.39. The summed E-state index contributed by atoms with van der Waals surface area (Å²) in [5, 5.41) is 0.957. The van der Waals surface area contributed by atoms with Crippen LogP contribution in [-0.2, 0) is 11.2 Å². The number of halogens is 1. The van der Waals surface area contributed by atoms with Crippen LogP contribution in [0.3, 0.4) is 0 Å². The molecule has 4 heterocycles. The number of rotatable bonds is 2. The van der Waals surface area contributed by atoms with Crippen molar-refractivity contribution in [1.29, 1.82) is 0 Å². The Kier molecular flexibility index (Phi) is 3.53. The van der Waals surface area contributed by atoms with Gasteiger partial charge in [0.1, 0.15) is 17.7 Å². The van der Waals surface area contributed by atoms with Crippen molar-refractivity contribution in [3.05, 3.63) is 35.9 Å². The summed E-state index contributed by atoms with van der Waals surface area (Å²) in [7, 11) is 0. The van der Waals surface area contributed by atoms with Crippen LogP contribution in [0.4, 0.5) is 21.0 Å². The number of aromatic nitrogens is 3. The van der Waals surface area contributed by atoms with Gasteiger partial charge in [0.15, 0.2) is 15.8 Å². The minimum atomic E-state index is -0.198. The molecule has 0 aliphatic carbocycles. The van der Waals surface area contributed by atoms with Crippen LogP contribution in [0.25, 0.3) is 10.3 Å². The molecule has 0 N–H and O–H groups in total. The number of thiazole rings is 1. The van der Waals surface area contributed by atoms with Crippen molar-refractivity contribution in [1.82, 2.24) is 15.0 Å². The molecule has 2 aliphatic rings. The molecule has 0 spiro atoms. The van der Waals surface area contributed by atoms with E-state index in [0.29, 0.717) is 0 Å². The zero-order valence-electron chi connectivity index (χ0n) is 13.5. The molecule has 0 atom stereocenters. The summed E-state index contributed by atoms with van der Waals surface area (Å²) in [5.74, 6) is 0.600. The molecule has 0 bridgehead atoms. The van der Waals surface area contributed by atoms with E-state index in [1.807, 2.05) is 6.07 Å². The summed E-state index contributed by atoms with van der Waals surface area (Å²) < 4.78 is 18.9. The maximum absolute atomic E-state index is 13.5. The van der Waals surface area contributed by atoms with Gasteiger partial charge >= 0.3 is 0 Å². The highest BCUT2D eigenvalue weighted by atomic mass is 32.1. The first kappa shape index (κ1) is 15.0. The molecule has 1 aromatic carbocycles. The fourth-order valence-corrected chi connectivity index (χ4v) is 4.36. The lowest BCUT2D eigenvalue weighted by Gasteiger charge is -2.25. The zero-order valence-corrected chi connectivity index (χ0v) is 14.3. The Morgan fingerprint density at radius 2 is 2.00 bits per heavy atom. The second-order valence-corrected chi connectivity index (χ2v) is 7.08. The molecule has 5 rings (SSSR count). The monoisotopic (exact) mass is 357 g/mol. The van der Waals surface area contributed by atoms with Crippen LogP contribution in [0, 0.1) is 5.82 Å². The highest BCUT2D eigenvalue weighted by Crippen LogP contribution is 2.38. The van der Waals surface area contributed by atoms with E-state index in [1.54, 1.807) is 23.7 Å². The standard InChI is InChI=1S/C17H16FN5OS/c18-12-1-2-13-11(9-12)3-4-23(13)15-14-16(20-10-19-15)25-17(21-14)22-5-7-24-8-6-22/h1-2,9-10H,3-8H2. The molecule has 0 radical (unpaired) electrons. The highest BCUT2D eigenvalue weighted by molar-refractivity contribution is 7.21. The van der Waals surface area contributed by atoms with Crippen LogP contribution >= 0.6 is 11.3 Å². The number of benzene rings is 1. The first-order valence-electron chi connectivity index (χ1n) is 8.30. The fourth-order valence-electron chi connectivity index (χ4n) is 3.41. The van der Waals surface area contributed by atoms with E-state index >= 15 is 0 Å². The Hall–Kier alpha value is -2.32. The number of morpholine rings is 1. The Morgan fingerprint density at radius 3 is 2.88 bits per heavy atom. The lowest BCUT2D eigenvalue weighted by atomic mass is 10.2. The van der Waals surface area contributed by atoms with E-state index in [9.17, 15) is 4.39 Å². The molecule has 25 heavy (non-hydrogen) atoms. The number of fused-ring (bicyclic) bond motifs is 2. The van der Waals surface area contributed by atoms with E-state index in [4.69, 9.17) is 9.72 Å². The van der Waals surface area contributed by atoms with Crippen LogP contribution in [0.2, 0.25) is 0 Å². The van der Waals surface area contributed by atoms with Gasteiger partial charge in [-0.3, -0.25) is 0 Å². The maximum atomic E-state index is 13.5. The number of hydrogen-bond donors (Lipinski definition) is 0. The molecule has 128 valence electrons. The minimum Gasteiger partial charge on any atom is -0.378 e. The third kappa shape index (κ3) is 2.52. The number of nitrogens with zero attached hydrogens (tertiary/aromatic N) is 5. The molecular formula is C17H16FN5OS. The summed E-state index contributed by atoms with van der Waals surface area (Å²) in [4.78, 5) is 18.9. The van der Waals surface area contributed by atoms with Crippen molar-refractivity contribution in [2.45, 2.75) is 6.42 Å². The van der Waals surface area contributed by atoms with Crippen molar-refractivity contribution in [3.63, 3.8) is 0 Å². The van der Waals surface area contributed by atoms with E-state index < -0.39 is 0 Å². The quantitative estimate of drug-likeness (QED) is 0.703. The van der Waals surface area contributed by atoms with Gasteiger partial charge in [-0.1, -0.05) is 11.3 Å². The molecule has 3 aromatic rings. The lowest BCUT2D eigenvalue weighted by Crippen LogP contribution is -2.36. The van der Waals surface area contributed by atoms with E-state index in [1.165, 1.54) is 6.07 Å². The SMILES string of the molecule is Fc1ccc2c(c1)CCN2c1ncnc2sc(N3CCOCC3)nc12. The predicted octanol–water partition coefficient (Wildman–Crippen LogP) is 2.76. The number of anilines is 3. The van der Waals surface area contributed by atoms with Gasteiger partial charge in [0.05, 0.1) is 13.2 Å². The van der Waals surface area contributed by atoms with Gasteiger partial charge < -0.3 is 14.5 Å². The van der Waals surface area contributed by atoms with Gasteiger partial charge in [-0.2, -0.15) is 0 Å². The van der Waals surface area contributed by atoms with Crippen molar-refractivity contribution >= 4 is 38.3 Å². The van der Waals surface area contributed by atoms with E-state index in [2.05, 4.69) is 19.8 Å². The van der Waals surface area contributed by atoms with Gasteiger partial charge in [-0.25, -0.2) is 19.3 Å². The summed E-state index contributed by atoms with van der Waals surface area (Å²) in [5.41, 5.74) is 2.82. The first-order chi connectivity index (χ1) is 12.3. The number of hydrogen-bond acceptors (Lipinski definition) is 7. The molecule has 0 saturated carbocycles. The van der Waals surface area contributed by atoms with Crippen molar-refractivity contribution < 1.29 is 9.13 Å². The average molecular weight is 357 g/mol. The Bertz CT molecular complexity index is 940. The van der Waals surface area contributed by atoms with Crippen LogP contribution in [-0.4, -0.2) is 47.8 Å². The normalized spacial score (nSPS) is 17.3. The van der Waals surface area contributed by atoms with Crippen LogP contribution in [0.15, 0.2) is 24.5 Å². The van der Waals surface area contributed by atoms with Crippen LogP contribution in [0.1, 0.15) is 5.56 Å². The van der Waals surface area contributed by atoms with Gasteiger partial charge in [0.2, 0.25) is 0 Å². The molecule has 1 saturated heterocycles. The minimum absolute atomic E-state index is 0.198. The summed E-state index contributed by atoms with van der Waals surface area (Å²) in [6, 6.07) is 4.92. The maximum Gasteiger partial charge on any atom is 0.188 e. The Morgan fingerprint density at radius 1 is 1.12 bits per heavy atom. The van der Waals surface area contributed by atoms with Gasteiger partial charge in [-0.15, -0.1) is 0 Å². The van der Waals surface area contributed by atoms with Crippen LogP contribution in [0.5, 0.6) is 0 Å². The molecule has 0 unspecified atom stereocenters. The molecule has 8 heteroatoms. The van der Waals surface area contributed by atoms with Crippen molar-refractivity contribution in [2.24, 2.45) is 0 Å². The third-order valence-electron chi connectivity index (χ3n) is 4.64. The molecule has 6 nitrogen and oxygen atoms in total. The third-order valence-corrected chi connectivity index (χ3v) is 5.66. The fraction of sp³-hybridized carbons (Fsp3) is 0.353. The topological polar surface area (TPSA) is 54.4 Å². The Labute approximate surface area is 147 Å². The van der Waals surface area contributed by atoms with Gasteiger partial charge in [0.25, 0.3) is 0 Å². The molecule has 2 aromatic heterocycles. The highest BCUT2D eigenvalue weighted by Gasteiger charge is 2.26. The molecule has 2 aliphatic heterocycles. The second kappa shape index (κ2) is 5.89. The smallest absolute Gasteiger partial charge is 0.188 e. The first-order valence-corrected chi connectivity index (χ1v) is 9.11. The lowest BCUT2D eigenvalue weighted by molar-refractivity contribution is 0.122. The summed E-state index contributed by atoms with van der Waals surface area (Å²) >= 11 is 1.58. The van der Waals surface area contributed by atoms with Crippen molar-refractivity contribution in [3.8, 4) is 0 Å². The van der Waals surface area contributed by atoms with E-state index in [-0.39, 0.29) is 5.82 Å². The second-order valence-electron chi connectivity index (χ2n) is 6.12. The van der Waals surface area contributed by atoms with Gasteiger partial charge in [0, 0.05) is 25.3 Å². The zero-order chi connectivity index (χ0) is 16.8. The molecule has 1 fully saturated rings. The predicted molar refractivity (Wildman–Crippen MR) is 95.4 cm³/mol. The molecule has 0 amide bonds. The van der Waals surface area contributed by atoms with Crippen LogP contribution < -0.4 is 9.80 Å².